The highest BCUT2D eigenvalue weighted by molar-refractivity contribution is 7.19. The van der Waals surface area contributed by atoms with E-state index in [2.05, 4.69) is 59.0 Å². The quantitative estimate of drug-likeness (QED) is 0.629. The van der Waals surface area contributed by atoms with Gasteiger partial charge >= 0.3 is 7.48 Å². The Bertz CT molecular complexity index is 579. The maximum atomic E-state index is 6.07. The van der Waals surface area contributed by atoms with Gasteiger partial charge in [-0.25, -0.2) is 9.97 Å². The van der Waals surface area contributed by atoms with Gasteiger partial charge in [0.2, 0.25) is 0 Å². The summed E-state index contributed by atoms with van der Waals surface area (Å²) >= 11 is 0. The molecule has 3 nitrogen and oxygen atoms in total. The van der Waals surface area contributed by atoms with Gasteiger partial charge in [-0.3, -0.25) is 0 Å². The molecule has 1 aromatic carbocycles. The smallest absolute Gasteiger partial charge is 0.309 e. The predicted octanol–water partition coefficient (Wildman–Crippen LogP) is 2.57. The molecule has 1 aromatic heterocycles. The molecule has 21 heavy (non-hydrogen) atoms. The molecule has 0 aliphatic rings. The Balaban J connectivity index is 2.04. The van der Waals surface area contributed by atoms with Gasteiger partial charge in [-0.15, -0.1) is 9.24 Å². The lowest BCUT2D eigenvalue weighted by atomic mass is 9.83. The molecule has 0 aliphatic heterocycles. The lowest BCUT2D eigenvalue weighted by Crippen LogP contribution is -2.45. The second kappa shape index (κ2) is 6.25. The van der Waals surface area contributed by atoms with Crippen molar-refractivity contribution < 1.29 is 4.65 Å². The van der Waals surface area contributed by atoms with Crippen LogP contribution in [-0.4, -0.2) is 28.2 Å². The molecule has 5 heteroatoms. The van der Waals surface area contributed by atoms with Crippen LogP contribution in [0.25, 0.3) is 11.4 Å². The summed E-state index contributed by atoms with van der Waals surface area (Å²) in [6.07, 6.45) is 3.51. The molecule has 1 heterocycles. The first-order valence-corrected chi connectivity index (χ1v) is 7.66. The van der Waals surface area contributed by atoms with E-state index in [1.165, 1.54) is 0 Å². The van der Waals surface area contributed by atoms with Crippen LogP contribution in [0.1, 0.15) is 27.7 Å². The van der Waals surface area contributed by atoms with Crippen LogP contribution in [0.5, 0.6) is 0 Å². The van der Waals surface area contributed by atoms with E-state index in [-0.39, 0.29) is 10.8 Å². The summed E-state index contributed by atoms with van der Waals surface area (Å²) in [5.41, 5.74) is 1.96. The first-order chi connectivity index (χ1) is 9.79. The Hall–Kier alpha value is -1.25. The number of hydrogen-bond acceptors (Lipinski definition) is 3. The number of nitrogens with zero attached hydrogens (tertiary/aromatic N) is 2. The summed E-state index contributed by atoms with van der Waals surface area (Å²) in [7, 11) is 3.45. The second-order valence-electron chi connectivity index (χ2n) is 6.29. The molecule has 2 aromatic rings. The van der Waals surface area contributed by atoms with E-state index in [4.69, 9.17) is 4.65 Å². The van der Waals surface area contributed by atoms with Crippen LogP contribution in [0, 0.1) is 0 Å². The zero-order valence-corrected chi connectivity index (χ0v) is 14.3. The van der Waals surface area contributed by atoms with Gasteiger partial charge < -0.3 is 4.65 Å². The molecule has 110 valence electrons. The fraction of sp³-hybridized carbons (Fsp3) is 0.375. The molecule has 0 spiro atoms. The van der Waals surface area contributed by atoms with Crippen molar-refractivity contribution in [3.8, 4) is 11.4 Å². The fourth-order valence-corrected chi connectivity index (χ4v) is 1.73. The third kappa shape index (κ3) is 4.12. The van der Waals surface area contributed by atoms with Crippen molar-refractivity contribution in [3.63, 3.8) is 0 Å². The van der Waals surface area contributed by atoms with Crippen LogP contribution in [0.4, 0.5) is 0 Å². The fourth-order valence-electron chi connectivity index (χ4n) is 1.65. The summed E-state index contributed by atoms with van der Waals surface area (Å²) in [6, 6.07) is 10.0. The van der Waals surface area contributed by atoms with Gasteiger partial charge in [-0.2, -0.15) is 0 Å². The van der Waals surface area contributed by atoms with E-state index in [0.29, 0.717) is 7.48 Å². The normalized spacial score (nSPS) is 12.2. The Morgan fingerprint density at radius 3 is 2.10 bits per heavy atom. The average molecular weight is 300 g/mol. The molecule has 1 unspecified atom stereocenters. The summed E-state index contributed by atoms with van der Waals surface area (Å²) in [5.74, 6) is 0.747. The Morgan fingerprint density at radius 2 is 1.57 bits per heavy atom. The number of benzene rings is 1. The summed E-state index contributed by atoms with van der Waals surface area (Å²) in [4.78, 5) is 8.50. The summed E-state index contributed by atoms with van der Waals surface area (Å²) in [5, 5.41) is 0.0187. The monoisotopic (exact) mass is 300 g/mol. The average Bonchev–Trinajstić information content (AvgIpc) is 2.45. The van der Waals surface area contributed by atoms with Crippen LogP contribution in [-0.2, 0) is 4.65 Å². The lowest BCUT2D eigenvalue weighted by Gasteiger charge is -2.39. The summed E-state index contributed by atoms with van der Waals surface area (Å²) in [6.45, 7) is 8.55. The highest BCUT2D eigenvalue weighted by Crippen LogP contribution is 2.33. The zero-order chi connectivity index (χ0) is 15.5. The van der Waals surface area contributed by atoms with E-state index >= 15 is 0 Å². The number of rotatable bonds is 5. The van der Waals surface area contributed by atoms with E-state index in [0.717, 1.165) is 16.9 Å². The van der Waals surface area contributed by atoms with E-state index in [1.54, 1.807) is 12.4 Å². The van der Waals surface area contributed by atoms with Crippen LogP contribution >= 0.6 is 9.24 Å². The minimum atomic E-state index is -0.209. The Kier molecular flexibility index (Phi) is 4.80. The minimum Gasteiger partial charge on any atom is -0.429 e. The van der Waals surface area contributed by atoms with E-state index in [9.17, 15) is 0 Å². The van der Waals surface area contributed by atoms with Gasteiger partial charge in [0.1, 0.15) is 0 Å². The second-order valence-corrected chi connectivity index (χ2v) is 7.73. The van der Waals surface area contributed by atoms with Crippen molar-refractivity contribution in [2.45, 2.75) is 38.5 Å². The van der Waals surface area contributed by atoms with Gasteiger partial charge in [0.15, 0.2) is 5.82 Å². The largest absolute Gasteiger partial charge is 0.429 e. The van der Waals surface area contributed by atoms with Gasteiger partial charge in [-0.05, 0) is 19.9 Å². The highest BCUT2D eigenvalue weighted by Gasteiger charge is 2.33. The van der Waals surface area contributed by atoms with Crippen molar-refractivity contribution in [1.82, 2.24) is 9.97 Å². The molecular formula is C16H22BN2OP. The van der Waals surface area contributed by atoms with Gasteiger partial charge in [-0.1, -0.05) is 43.6 Å². The van der Waals surface area contributed by atoms with Crippen LogP contribution in [0.15, 0.2) is 42.7 Å². The molecule has 0 N–H and O–H groups in total. The molecule has 0 bridgehead atoms. The molecular weight excluding hydrogens is 278 g/mol. The van der Waals surface area contributed by atoms with Crippen LogP contribution in [0.2, 0.25) is 0 Å². The third-order valence-electron chi connectivity index (χ3n) is 3.93. The summed E-state index contributed by atoms with van der Waals surface area (Å²) < 4.78 is 6.07. The molecule has 0 saturated heterocycles. The van der Waals surface area contributed by atoms with Crippen molar-refractivity contribution in [2.24, 2.45) is 0 Å². The maximum Gasteiger partial charge on any atom is 0.309 e. The zero-order valence-electron chi connectivity index (χ0n) is 13.1. The Morgan fingerprint density at radius 1 is 1.00 bits per heavy atom. The standard InChI is InChI=1S/C16H22BN2OP/c1-15(2,16(3,4)21)20-17-13-8-6-12(7-9-13)14-18-10-5-11-19-14/h5-11,17H,21H2,1-4H3. The van der Waals surface area contributed by atoms with Crippen LogP contribution < -0.4 is 5.46 Å². The van der Waals surface area contributed by atoms with Crippen molar-refractivity contribution in [2.75, 3.05) is 0 Å². The van der Waals surface area contributed by atoms with Gasteiger partial charge in [0.05, 0.1) is 5.60 Å². The van der Waals surface area contributed by atoms with Crippen LogP contribution in [0.3, 0.4) is 0 Å². The lowest BCUT2D eigenvalue weighted by molar-refractivity contribution is 0.0841. The van der Waals surface area contributed by atoms with Crippen molar-refractivity contribution in [1.29, 1.82) is 0 Å². The highest BCUT2D eigenvalue weighted by atomic mass is 31.0. The van der Waals surface area contributed by atoms with Crippen molar-refractivity contribution >= 4 is 22.2 Å². The third-order valence-corrected chi connectivity index (χ3v) is 4.62. The minimum absolute atomic E-state index is 0.0187. The van der Waals surface area contributed by atoms with E-state index in [1.807, 2.05) is 18.2 Å². The van der Waals surface area contributed by atoms with E-state index < -0.39 is 0 Å². The Labute approximate surface area is 130 Å². The van der Waals surface area contributed by atoms with Gasteiger partial charge in [0.25, 0.3) is 0 Å². The molecule has 0 amide bonds. The maximum absolute atomic E-state index is 6.07. The van der Waals surface area contributed by atoms with Crippen molar-refractivity contribution in [3.05, 3.63) is 42.7 Å². The molecule has 2 rings (SSSR count). The topological polar surface area (TPSA) is 35.0 Å². The SMILES string of the molecule is CC(C)(P)C(C)(C)OBc1ccc(-c2ncccn2)cc1. The van der Waals surface area contributed by atoms with Gasteiger partial charge in [0, 0.05) is 23.1 Å². The first-order valence-electron chi connectivity index (χ1n) is 7.09. The number of aromatic nitrogens is 2. The number of hydrogen-bond donors (Lipinski definition) is 0. The molecule has 0 saturated carbocycles. The molecule has 0 fully saturated rings. The molecule has 1 atom stereocenters. The molecule has 0 aliphatic carbocycles. The molecule has 0 radical (unpaired) electrons. The first kappa shape index (κ1) is 16.1. The predicted molar refractivity (Wildman–Crippen MR) is 93.2 cm³/mol.